The lowest BCUT2D eigenvalue weighted by Gasteiger charge is -2.25. The molecule has 0 bridgehead atoms. The number of furan rings is 1. The monoisotopic (exact) mass is 393 g/mol. The molecule has 6 heteroatoms. The Balaban J connectivity index is 1.44. The molecule has 1 aliphatic rings. The van der Waals surface area contributed by atoms with Crippen LogP contribution < -0.4 is 9.64 Å². The lowest BCUT2D eigenvalue weighted by Crippen LogP contribution is -2.43. The molecule has 4 rings (SSSR count). The standard InChI is InChI=1S/C23H23NO5/c1-14-10-16-6-4-5-7-20(16)24(14)23(26)15(2)29-22(25)11-17-13-28-21-12-18(27-3)8-9-19(17)21/h4-9,12-15H,10-11H2,1-3H3/t14-,15+/m0/s1. The first-order valence-electron chi connectivity index (χ1n) is 9.62. The van der Waals surface area contributed by atoms with Crippen molar-refractivity contribution in [3.8, 4) is 5.75 Å². The molecule has 6 nitrogen and oxygen atoms in total. The van der Waals surface area contributed by atoms with Gasteiger partial charge in [-0.1, -0.05) is 18.2 Å². The highest BCUT2D eigenvalue weighted by atomic mass is 16.5. The molecule has 1 amide bonds. The molecular formula is C23H23NO5. The first kappa shape index (κ1) is 19.1. The zero-order valence-electron chi connectivity index (χ0n) is 16.7. The van der Waals surface area contributed by atoms with Gasteiger partial charge in [0.25, 0.3) is 5.91 Å². The number of fused-ring (bicyclic) bond motifs is 2. The molecule has 0 unspecified atom stereocenters. The summed E-state index contributed by atoms with van der Waals surface area (Å²) in [6, 6.07) is 13.3. The predicted octanol–water partition coefficient (Wildman–Crippen LogP) is 3.89. The van der Waals surface area contributed by atoms with Gasteiger partial charge in [0.05, 0.1) is 19.8 Å². The number of benzene rings is 2. The van der Waals surface area contributed by atoms with Gasteiger partial charge in [0.1, 0.15) is 11.3 Å². The maximum atomic E-state index is 13.0. The average Bonchev–Trinajstić information content (AvgIpc) is 3.26. The van der Waals surface area contributed by atoms with Crippen molar-refractivity contribution >= 4 is 28.5 Å². The van der Waals surface area contributed by atoms with E-state index in [1.54, 1.807) is 25.0 Å². The molecule has 2 aromatic carbocycles. The number of carbonyl (C=O) groups is 2. The van der Waals surface area contributed by atoms with Gasteiger partial charge in [-0.15, -0.1) is 0 Å². The van der Waals surface area contributed by atoms with Crippen LogP contribution in [0.3, 0.4) is 0 Å². The highest BCUT2D eigenvalue weighted by Crippen LogP contribution is 2.32. The Bertz CT molecular complexity index is 1070. The minimum absolute atomic E-state index is 0.0308. The van der Waals surface area contributed by atoms with E-state index in [1.807, 2.05) is 43.3 Å². The maximum Gasteiger partial charge on any atom is 0.311 e. The van der Waals surface area contributed by atoms with Gasteiger partial charge in [-0.2, -0.15) is 0 Å². The van der Waals surface area contributed by atoms with Gasteiger partial charge in [0, 0.05) is 28.7 Å². The lowest BCUT2D eigenvalue weighted by molar-refractivity contribution is -0.153. The van der Waals surface area contributed by atoms with Crippen molar-refractivity contribution in [3.05, 3.63) is 59.9 Å². The molecule has 150 valence electrons. The molecule has 0 N–H and O–H groups in total. The molecule has 0 fully saturated rings. The van der Waals surface area contributed by atoms with E-state index in [-0.39, 0.29) is 18.4 Å². The van der Waals surface area contributed by atoms with E-state index in [0.29, 0.717) is 16.9 Å². The first-order valence-corrected chi connectivity index (χ1v) is 9.62. The summed E-state index contributed by atoms with van der Waals surface area (Å²) in [5.74, 6) is 0.00213. The zero-order valence-corrected chi connectivity index (χ0v) is 16.7. The van der Waals surface area contributed by atoms with E-state index in [2.05, 4.69) is 0 Å². The molecule has 2 heterocycles. The highest BCUT2D eigenvalue weighted by Gasteiger charge is 2.34. The van der Waals surface area contributed by atoms with Crippen molar-refractivity contribution in [3.63, 3.8) is 0 Å². The molecule has 1 aromatic heterocycles. The number of rotatable bonds is 5. The Morgan fingerprint density at radius 1 is 1.24 bits per heavy atom. The van der Waals surface area contributed by atoms with Gasteiger partial charge in [-0.05, 0) is 44.0 Å². The largest absolute Gasteiger partial charge is 0.497 e. The first-order chi connectivity index (χ1) is 14.0. The molecule has 0 spiro atoms. The predicted molar refractivity (Wildman–Crippen MR) is 109 cm³/mol. The number of amides is 1. The Hall–Kier alpha value is -3.28. The zero-order chi connectivity index (χ0) is 20.5. The van der Waals surface area contributed by atoms with Crippen molar-refractivity contribution in [1.82, 2.24) is 0 Å². The van der Waals surface area contributed by atoms with Crippen molar-refractivity contribution < 1.29 is 23.5 Å². The van der Waals surface area contributed by atoms with Gasteiger partial charge in [-0.3, -0.25) is 9.59 Å². The second-order valence-electron chi connectivity index (χ2n) is 7.32. The average molecular weight is 393 g/mol. The molecule has 0 radical (unpaired) electrons. The quantitative estimate of drug-likeness (QED) is 0.615. The topological polar surface area (TPSA) is 69.0 Å². The molecule has 0 saturated heterocycles. The van der Waals surface area contributed by atoms with Crippen LogP contribution in [0.25, 0.3) is 11.0 Å². The van der Waals surface area contributed by atoms with Crippen LogP contribution in [0.2, 0.25) is 0 Å². The molecule has 2 atom stereocenters. The Labute approximate surface area is 169 Å². The van der Waals surface area contributed by atoms with Crippen LogP contribution in [0.15, 0.2) is 53.1 Å². The molecule has 3 aromatic rings. The number of ether oxygens (including phenoxy) is 2. The lowest BCUT2D eigenvalue weighted by atomic mass is 10.1. The van der Waals surface area contributed by atoms with Crippen LogP contribution in [-0.4, -0.2) is 31.1 Å². The number of esters is 1. The fraction of sp³-hybridized carbons (Fsp3) is 0.304. The van der Waals surface area contributed by atoms with E-state index < -0.39 is 12.1 Å². The second kappa shape index (κ2) is 7.62. The van der Waals surface area contributed by atoms with Gasteiger partial charge >= 0.3 is 5.97 Å². The van der Waals surface area contributed by atoms with Gasteiger partial charge in [0.15, 0.2) is 6.10 Å². The summed E-state index contributed by atoms with van der Waals surface area (Å²) in [5.41, 5.74) is 3.38. The SMILES string of the molecule is COc1ccc2c(CC(=O)O[C@H](C)C(=O)N3c4ccccc4C[C@@H]3C)coc2c1. The summed E-state index contributed by atoms with van der Waals surface area (Å²) in [7, 11) is 1.58. The van der Waals surface area contributed by atoms with Crippen LogP contribution in [0.4, 0.5) is 5.69 Å². The minimum Gasteiger partial charge on any atom is -0.497 e. The van der Waals surface area contributed by atoms with E-state index in [4.69, 9.17) is 13.9 Å². The summed E-state index contributed by atoms with van der Waals surface area (Å²) >= 11 is 0. The molecule has 0 saturated carbocycles. The summed E-state index contributed by atoms with van der Waals surface area (Å²) in [6.07, 6.45) is 1.50. The summed E-state index contributed by atoms with van der Waals surface area (Å²) in [5, 5.41) is 0.823. The molecule has 1 aliphatic heterocycles. The molecule has 29 heavy (non-hydrogen) atoms. The summed E-state index contributed by atoms with van der Waals surface area (Å²) in [4.78, 5) is 27.2. The normalized spacial score (nSPS) is 16.5. The Morgan fingerprint density at radius 2 is 2.03 bits per heavy atom. The van der Waals surface area contributed by atoms with Gasteiger partial charge in [0.2, 0.25) is 0 Å². The number of hydrogen-bond donors (Lipinski definition) is 0. The van der Waals surface area contributed by atoms with Crippen LogP contribution in [0.1, 0.15) is 25.0 Å². The molecule has 0 aliphatic carbocycles. The number of para-hydroxylation sites is 1. The fourth-order valence-electron chi connectivity index (χ4n) is 3.87. The van der Waals surface area contributed by atoms with Crippen molar-refractivity contribution in [2.75, 3.05) is 12.0 Å². The number of anilines is 1. The highest BCUT2D eigenvalue weighted by molar-refractivity contribution is 6.00. The van der Waals surface area contributed by atoms with Crippen molar-refractivity contribution in [2.24, 2.45) is 0 Å². The van der Waals surface area contributed by atoms with Crippen LogP contribution in [0.5, 0.6) is 5.75 Å². The third-order valence-corrected chi connectivity index (χ3v) is 5.30. The Morgan fingerprint density at radius 3 is 2.83 bits per heavy atom. The minimum atomic E-state index is -0.866. The third kappa shape index (κ3) is 3.58. The van der Waals surface area contributed by atoms with Crippen LogP contribution in [-0.2, 0) is 27.2 Å². The summed E-state index contributed by atoms with van der Waals surface area (Å²) < 4.78 is 16.2. The number of methoxy groups -OCH3 is 1. The van der Waals surface area contributed by atoms with Gasteiger partial charge in [-0.25, -0.2) is 0 Å². The Kier molecular flexibility index (Phi) is 5.01. The third-order valence-electron chi connectivity index (χ3n) is 5.30. The van der Waals surface area contributed by atoms with E-state index in [0.717, 1.165) is 23.1 Å². The van der Waals surface area contributed by atoms with Crippen LogP contribution >= 0.6 is 0 Å². The number of hydrogen-bond acceptors (Lipinski definition) is 5. The number of nitrogens with zero attached hydrogens (tertiary/aromatic N) is 1. The number of carbonyl (C=O) groups excluding carboxylic acids is 2. The smallest absolute Gasteiger partial charge is 0.311 e. The van der Waals surface area contributed by atoms with Crippen LogP contribution in [0, 0.1) is 0 Å². The maximum absolute atomic E-state index is 13.0. The fourth-order valence-corrected chi connectivity index (χ4v) is 3.87. The van der Waals surface area contributed by atoms with Gasteiger partial charge < -0.3 is 18.8 Å². The van der Waals surface area contributed by atoms with Crippen molar-refractivity contribution in [1.29, 1.82) is 0 Å². The molecular weight excluding hydrogens is 370 g/mol. The second-order valence-corrected chi connectivity index (χ2v) is 7.32. The van der Waals surface area contributed by atoms with E-state index >= 15 is 0 Å². The van der Waals surface area contributed by atoms with E-state index in [1.165, 1.54) is 6.26 Å². The summed E-state index contributed by atoms with van der Waals surface area (Å²) in [6.45, 7) is 3.62. The van der Waals surface area contributed by atoms with E-state index in [9.17, 15) is 9.59 Å². The van der Waals surface area contributed by atoms with Crippen molar-refractivity contribution in [2.45, 2.75) is 38.8 Å².